The maximum absolute atomic E-state index is 13.9. The second kappa shape index (κ2) is 8.69. The first kappa shape index (κ1) is 23.1. The zero-order valence-electron chi connectivity index (χ0n) is 19.1. The molecule has 0 saturated carbocycles. The topological polar surface area (TPSA) is 70.1 Å². The molecule has 0 bridgehead atoms. The van der Waals surface area contributed by atoms with E-state index in [2.05, 4.69) is 10.1 Å². The average molecular weight is 464 g/mol. The number of pyridine rings is 1. The number of imidazole rings is 1. The zero-order valence-corrected chi connectivity index (χ0v) is 19.1. The van der Waals surface area contributed by atoms with E-state index >= 15 is 0 Å². The highest BCUT2D eigenvalue weighted by atomic mass is 19.4. The molecule has 0 amide bonds. The van der Waals surface area contributed by atoms with Crippen LogP contribution in [-0.2, 0) is 24.0 Å². The molecule has 8 nitrogen and oxygen atoms in total. The molecule has 11 heteroatoms. The van der Waals surface area contributed by atoms with Crippen LogP contribution in [0.4, 0.5) is 19.0 Å². The summed E-state index contributed by atoms with van der Waals surface area (Å²) in [4.78, 5) is 19.5. The summed E-state index contributed by atoms with van der Waals surface area (Å²) < 4.78 is 51.7. The summed E-state index contributed by atoms with van der Waals surface area (Å²) in [5.74, 6) is 0.162. The normalized spacial score (nSPS) is 17.1. The van der Waals surface area contributed by atoms with Crippen molar-refractivity contribution in [2.45, 2.75) is 53.1 Å². The Morgan fingerprint density at radius 2 is 2.00 bits per heavy atom. The first-order chi connectivity index (χ1) is 15.6. The number of ether oxygens (including phenoxy) is 1. The van der Waals surface area contributed by atoms with E-state index in [1.807, 2.05) is 20.0 Å². The first-order valence-corrected chi connectivity index (χ1v) is 10.8. The van der Waals surface area contributed by atoms with Gasteiger partial charge < -0.3 is 9.64 Å². The predicted octanol–water partition coefficient (Wildman–Crippen LogP) is 3.16. The molecule has 0 aromatic carbocycles. The largest absolute Gasteiger partial charge is 0.416 e. The summed E-state index contributed by atoms with van der Waals surface area (Å²) in [5, 5.41) is 4.22. The lowest BCUT2D eigenvalue weighted by Gasteiger charge is -2.33. The van der Waals surface area contributed by atoms with Crippen LogP contribution < -0.4 is 10.6 Å². The molecule has 3 aromatic rings. The Kier molecular flexibility index (Phi) is 6.08. The fourth-order valence-electron chi connectivity index (χ4n) is 4.08. The molecule has 3 aromatic heterocycles. The van der Waals surface area contributed by atoms with Crippen molar-refractivity contribution in [1.82, 2.24) is 23.9 Å². The van der Waals surface area contributed by atoms with E-state index in [0.29, 0.717) is 31.9 Å². The average Bonchev–Trinajstić information content (AvgIpc) is 3.33. The van der Waals surface area contributed by atoms with Crippen LogP contribution >= 0.6 is 0 Å². The quantitative estimate of drug-likeness (QED) is 0.580. The Bertz CT molecular complexity index is 1210. The lowest BCUT2D eigenvalue weighted by atomic mass is 10.1. The number of halogens is 3. The zero-order chi connectivity index (χ0) is 23.9. The molecule has 1 atom stereocenters. The van der Waals surface area contributed by atoms with Crippen molar-refractivity contribution >= 4 is 5.82 Å². The minimum Gasteiger partial charge on any atom is -0.375 e. The molecule has 1 saturated heterocycles. The van der Waals surface area contributed by atoms with Crippen LogP contribution in [0, 0.1) is 13.8 Å². The van der Waals surface area contributed by atoms with Gasteiger partial charge in [0, 0.05) is 48.8 Å². The molecule has 4 heterocycles. The summed E-state index contributed by atoms with van der Waals surface area (Å²) in [6.07, 6.45) is 0.347. The van der Waals surface area contributed by atoms with Crippen LogP contribution in [0.3, 0.4) is 0 Å². The molecule has 0 radical (unpaired) electrons. The number of aromatic nitrogens is 5. The highest BCUT2D eigenvalue weighted by Gasteiger charge is 2.36. The molecule has 0 unspecified atom stereocenters. The molecule has 1 aliphatic rings. The van der Waals surface area contributed by atoms with Gasteiger partial charge in [0.25, 0.3) is 0 Å². The van der Waals surface area contributed by atoms with E-state index in [1.54, 1.807) is 22.7 Å². The highest BCUT2D eigenvalue weighted by molar-refractivity contribution is 5.52. The number of morpholine rings is 1. The van der Waals surface area contributed by atoms with Crippen LogP contribution in [0.1, 0.15) is 36.2 Å². The van der Waals surface area contributed by atoms with Crippen molar-refractivity contribution < 1.29 is 17.9 Å². The second-order valence-electron chi connectivity index (χ2n) is 8.32. The van der Waals surface area contributed by atoms with Gasteiger partial charge in [0.1, 0.15) is 11.6 Å². The lowest BCUT2D eigenvalue weighted by Crippen LogP contribution is -2.42. The molecule has 0 N–H and O–H groups in total. The summed E-state index contributed by atoms with van der Waals surface area (Å²) >= 11 is 0. The van der Waals surface area contributed by atoms with Gasteiger partial charge >= 0.3 is 11.9 Å². The van der Waals surface area contributed by atoms with Gasteiger partial charge in [-0.2, -0.15) is 18.3 Å². The summed E-state index contributed by atoms with van der Waals surface area (Å²) in [6, 6.07) is 1.06. The van der Waals surface area contributed by atoms with E-state index < -0.39 is 17.4 Å². The smallest absolute Gasteiger partial charge is 0.375 e. The standard InChI is InChI=1S/C22H27F3N6O2/c1-5-29-12-17(9-26-29)13-30-14(2)10-31(21(30)32)20-16(4)18(22(23,24)25)8-19(27-20)28-6-7-33-15(3)11-28/h8-10,12,15H,5-7,11,13H2,1-4H3/t15-/m1/s1. The van der Waals surface area contributed by atoms with E-state index in [-0.39, 0.29) is 29.8 Å². The SMILES string of the molecule is CCn1cc(Cn2c(C)cn(-c3nc(N4CCO[C@H](C)C4)cc(C(F)(F)F)c3C)c2=O)cn1. The predicted molar refractivity (Wildman–Crippen MR) is 117 cm³/mol. The van der Waals surface area contributed by atoms with E-state index in [4.69, 9.17) is 4.74 Å². The van der Waals surface area contributed by atoms with Crippen molar-refractivity contribution in [1.29, 1.82) is 0 Å². The molecule has 1 fully saturated rings. The summed E-state index contributed by atoms with van der Waals surface area (Å²) in [7, 11) is 0. The fourth-order valence-corrected chi connectivity index (χ4v) is 4.08. The monoisotopic (exact) mass is 464 g/mol. The van der Waals surface area contributed by atoms with E-state index in [0.717, 1.165) is 11.6 Å². The Labute approximate surface area is 189 Å². The minimum absolute atomic E-state index is 0.0185. The van der Waals surface area contributed by atoms with Gasteiger partial charge in [-0.15, -0.1) is 0 Å². The summed E-state index contributed by atoms with van der Waals surface area (Å²) in [6.45, 7) is 9.12. The van der Waals surface area contributed by atoms with Crippen molar-refractivity contribution in [3.05, 3.63) is 57.5 Å². The van der Waals surface area contributed by atoms with Crippen molar-refractivity contribution in [3.8, 4) is 5.82 Å². The highest BCUT2D eigenvalue weighted by Crippen LogP contribution is 2.36. The number of rotatable bonds is 5. The van der Waals surface area contributed by atoms with Crippen LogP contribution in [0.25, 0.3) is 5.82 Å². The van der Waals surface area contributed by atoms with Crippen LogP contribution in [0.15, 0.2) is 29.5 Å². The van der Waals surface area contributed by atoms with E-state index in [1.165, 1.54) is 22.3 Å². The van der Waals surface area contributed by atoms with Crippen LogP contribution in [0.5, 0.6) is 0 Å². The Morgan fingerprint density at radius 3 is 2.64 bits per heavy atom. The molecule has 178 valence electrons. The Hall–Kier alpha value is -3.08. The maximum Gasteiger partial charge on any atom is 0.416 e. The van der Waals surface area contributed by atoms with E-state index in [9.17, 15) is 18.0 Å². The first-order valence-electron chi connectivity index (χ1n) is 10.8. The van der Waals surface area contributed by atoms with Gasteiger partial charge in [-0.3, -0.25) is 13.8 Å². The third-order valence-electron chi connectivity index (χ3n) is 5.86. The second-order valence-corrected chi connectivity index (χ2v) is 8.32. The number of nitrogens with zero attached hydrogens (tertiary/aromatic N) is 6. The van der Waals surface area contributed by atoms with Gasteiger partial charge in [-0.25, -0.2) is 9.78 Å². The van der Waals surface area contributed by atoms with Gasteiger partial charge in [-0.1, -0.05) is 0 Å². The Morgan fingerprint density at radius 1 is 1.24 bits per heavy atom. The van der Waals surface area contributed by atoms with Gasteiger partial charge in [0.05, 0.1) is 31.0 Å². The number of hydrogen-bond donors (Lipinski definition) is 0. The van der Waals surface area contributed by atoms with Crippen molar-refractivity contribution in [2.24, 2.45) is 0 Å². The molecule has 1 aliphatic heterocycles. The van der Waals surface area contributed by atoms with Crippen LogP contribution in [0.2, 0.25) is 0 Å². The molecule has 0 spiro atoms. The number of anilines is 1. The Balaban J connectivity index is 1.81. The molecule has 4 rings (SSSR count). The molecular weight excluding hydrogens is 437 g/mol. The van der Waals surface area contributed by atoms with Gasteiger partial charge in [0.2, 0.25) is 0 Å². The van der Waals surface area contributed by atoms with Crippen LogP contribution in [-0.4, -0.2) is 49.7 Å². The third kappa shape index (κ3) is 4.54. The van der Waals surface area contributed by atoms with Gasteiger partial charge in [-0.05, 0) is 33.8 Å². The third-order valence-corrected chi connectivity index (χ3v) is 5.86. The molecule has 0 aliphatic carbocycles. The number of hydrogen-bond acceptors (Lipinski definition) is 5. The molecule has 33 heavy (non-hydrogen) atoms. The fraction of sp³-hybridized carbons (Fsp3) is 0.500. The number of aryl methyl sites for hydroxylation is 2. The summed E-state index contributed by atoms with van der Waals surface area (Å²) in [5.41, 5.74) is 0.0997. The minimum atomic E-state index is -4.58. The maximum atomic E-state index is 13.9. The lowest BCUT2D eigenvalue weighted by molar-refractivity contribution is -0.138. The molecular formula is C22H27F3N6O2. The van der Waals surface area contributed by atoms with Gasteiger partial charge in [0.15, 0.2) is 0 Å². The van der Waals surface area contributed by atoms with Crippen molar-refractivity contribution in [2.75, 3.05) is 24.6 Å². The van der Waals surface area contributed by atoms with Crippen molar-refractivity contribution in [3.63, 3.8) is 0 Å². The number of alkyl halides is 3.